The number of nitrogens with one attached hydrogen (secondary N) is 2. The Morgan fingerprint density at radius 1 is 1.36 bits per heavy atom. The highest BCUT2D eigenvalue weighted by Crippen LogP contribution is 2.17. The number of carbonyl (C=O) groups excluding carboxylic acids is 1. The molecule has 1 amide bonds. The number of hydrogen-bond donors (Lipinski definition) is 2. The summed E-state index contributed by atoms with van der Waals surface area (Å²) in [5.74, 6) is 0.488. The fraction of sp³-hybridized carbons (Fsp3) is 0.375. The van der Waals surface area contributed by atoms with Crippen molar-refractivity contribution < 1.29 is 13.9 Å². The highest BCUT2D eigenvalue weighted by molar-refractivity contribution is 5.67. The molecule has 0 bridgehead atoms. The van der Waals surface area contributed by atoms with E-state index in [-0.39, 0.29) is 5.82 Å². The molecule has 0 aliphatic heterocycles. The Balaban J connectivity index is 1.78. The molecule has 1 heterocycles. The Bertz CT molecular complexity index is 596. The first-order chi connectivity index (χ1) is 10.7. The Labute approximate surface area is 128 Å². The number of H-pyrrole nitrogens is 1. The molecule has 0 radical (unpaired) electrons. The smallest absolute Gasteiger partial charge is 0.407 e. The highest BCUT2D eigenvalue weighted by atomic mass is 19.1. The van der Waals surface area contributed by atoms with Crippen LogP contribution < -0.4 is 5.32 Å². The van der Waals surface area contributed by atoms with Crippen LogP contribution in [0.4, 0.5) is 9.18 Å². The van der Waals surface area contributed by atoms with E-state index >= 15 is 0 Å². The lowest BCUT2D eigenvalue weighted by Crippen LogP contribution is -2.27. The molecule has 2 rings (SSSR count). The van der Waals surface area contributed by atoms with Gasteiger partial charge in [-0.1, -0.05) is 13.3 Å². The van der Waals surface area contributed by atoms with Gasteiger partial charge in [0.15, 0.2) is 0 Å². The topological polar surface area (TPSA) is 67.0 Å². The van der Waals surface area contributed by atoms with Crippen LogP contribution in [-0.4, -0.2) is 29.2 Å². The number of aromatic amines is 1. The van der Waals surface area contributed by atoms with Crippen molar-refractivity contribution in [1.82, 2.24) is 15.3 Å². The van der Waals surface area contributed by atoms with Gasteiger partial charge in [0, 0.05) is 13.0 Å². The monoisotopic (exact) mass is 305 g/mol. The van der Waals surface area contributed by atoms with Crippen LogP contribution in [0.25, 0.3) is 11.3 Å². The summed E-state index contributed by atoms with van der Waals surface area (Å²) in [5, 5.41) is 2.68. The molecule has 0 spiro atoms. The zero-order valence-electron chi connectivity index (χ0n) is 12.6. The lowest BCUT2D eigenvalue weighted by molar-refractivity contribution is 0.144. The fourth-order valence-corrected chi connectivity index (χ4v) is 1.91. The van der Waals surface area contributed by atoms with Crippen LogP contribution in [0.1, 0.15) is 25.6 Å². The molecule has 0 saturated carbocycles. The van der Waals surface area contributed by atoms with E-state index in [1.54, 1.807) is 18.3 Å². The van der Waals surface area contributed by atoms with E-state index in [1.165, 1.54) is 12.1 Å². The molecular formula is C16H20FN3O2. The van der Waals surface area contributed by atoms with Gasteiger partial charge in [-0.25, -0.2) is 14.2 Å². The molecule has 22 heavy (non-hydrogen) atoms. The van der Waals surface area contributed by atoms with Gasteiger partial charge in [0.25, 0.3) is 0 Å². The highest BCUT2D eigenvalue weighted by Gasteiger charge is 2.05. The van der Waals surface area contributed by atoms with Gasteiger partial charge in [-0.05, 0) is 36.2 Å². The minimum Gasteiger partial charge on any atom is -0.450 e. The summed E-state index contributed by atoms with van der Waals surface area (Å²) < 4.78 is 17.9. The van der Waals surface area contributed by atoms with Gasteiger partial charge >= 0.3 is 6.09 Å². The minimum atomic E-state index is -0.404. The van der Waals surface area contributed by atoms with Crippen LogP contribution in [0.2, 0.25) is 0 Å². The molecule has 5 nitrogen and oxygen atoms in total. The van der Waals surface area contributed by atoms with Crippen molar-refractivity contribution in [2.45, 2.75) is 26.2 Å². The predicted octanol–water partition coefficient (Wildman–Crippen LogP) is 3.28. The fourth-order valence-electron chi connectivity index (χ4n) is 1.91. The largest absolute Gasteiger partial charge is 0.450 e. The number of ether oxygens (including phenoxy) is 1. The maximum atomic E-state index is 12.9. The summed E-state index contributed by atoms with van der Waals surface area (Å²) >= 11 is 0. The van der Waals surface area contributed by atoms with Crippen molar-refractivity contribution in [3.05, 3.63) is 42.1 Å². The van der Waals surface area contributed by atoms with E-state index in [0.717, 1.165) is 29.9 Å². The van der Waals surface area contributed by atoms with Crippen LogP contribution in [0.5, 0.6) is 0 Å². The summed E-state index contributed by atoms with van der Waals surface area (Å²) in [4.78, 5) is 18.8. The number of aromatic nitrogens is 2. The third kappa shape index (κ3) is 4.87. The lowest BCUT2D eigenvalue weighted by atomic mass is 10.2. The summed E-state index contributed by atoms with van der Waals surface area (Å²) in [5.41, 5.74) is 1.69. The maximum absolute atomic E-state index is 12.9. The molecular weight excluding hydrogens is 285 g/mol. The number of rotatable bonds is 7. The van der Waals surface area contributed by atoms with Crippen LogP contribution in [0, 0.1) is 5.82 Å². The Morgan fingerprint density at radius 2 is 2.14 bits per heavy atom. The SMILES string of the molecule is CCCCOC(=O)NCCc1ncc(-c2ccc(F)cc2)[nH]1. The molecule has 0 fully saturated rings. The van der Waals surface area contributed by atoms with Gasteiger partial charge in [0.1, 0.15) is 11.6 Å². The van der Waals surface area contributed by atoms with Gasteiger partial charge in [-0.2, -0.15) is 0 Å². The second-order valence-corrected chi connectivity index (χ2v) is 4.92. The van der Waals surface area contributed by atoms with Gasteiger partial charge in [-0.3, -0.25) is 0 Å². The van der Waals surface area contributed by atoms with Crippen molar-refractivity contribution in [2.24, 2.45) is 0 Å². The maximum Gasteiger partial charge on any atom is 0.407 e. The number of amides is 1. The zero-order chi connectivity index (χ0) is 15.8. The van der Waals surface area contributed by atoms with Crippen LogP contribution in [-0.2, 0) is 11.2 Å². The molecule has 0 aliphatic rings. The Morgan fingerprint density at radius 3 is 2.86 bits per heavy atom. The lowest BCUT2D eigenvalue weighted by Gasteiger charge is -2.05. The van der Waals surface area contributed by atoms with Crippen LogP contribution >= 0.6 is 0 Å². The van der Waals surface area contributed by atoms with E-state index in [2.05, 4.69) is 15.3 Å². The summed E-state index contributed by atoms with van der Waals surface area (Å²) in [6.07, 6.45) is 3.73. The molecule has 2 aromatic rings. The number of hydrogen-bond acceptors (Lipinski definition) is 3. The molecule has 0 aliphatic carbocycles. The van der Waals surface area contributed by atoms with Gasteiger partial charge < -0.3 is 15.0 Å². The number of nitrogens with zero attached hydrogens (tertiary/aromatic N) is 1. The van der Waals surface area contributed by atoms with E-state index in [9.17, 15) is 9.18 Å². The zero-order valence-corrected chi connectivity index (χ0v) is 12.6. The molecule has 6 heteroatoms. The van der Waals surface area contributed by atoms with Crippen molar-refractivity contribution in [2.75, 3.05) is 13.2 Å². The van der Waals surface area contributed by atoms with Crippen molar-refractivity contribution in [3.8, 4) is 11.3 Å². The molecule has 0 atom stereocenters. The summed E-state index contributed by atoms with van der Waals surface area (Å²) in [7, 11) is 0. The Hall–Kier alpha value is -2.37. The molecule has 1 aromatic carbocycles. The second kappa shape index (κ2) is 8.17. The normalized spacial score (nSPS) is 10.5. The number of carbonyl (C=O) groups is 1. The Kier molecular flexibility index (Phi) is 5.94. The second-order valence-electron chi connectivity index (χ2n) is 4.92. The molecule has 0 saturated heterocycles. The van der Waals surface area contributed by atoms with Gasteiger partial charge in [0.2, 0.25) is 0 Å². The first-order valence-electron chi connectivity index (χ1n) is 7.39. The van der Waals surface area contributed by atoms with E-state index in [4.69, 9.17) is 4.74 Å². The van der Waals surface area contributed by atoms with Gasteiger partial charge in [0.05, 0.1) is 18.5 Å². The molecule has 1 aromatic heterocycles. The van der Waals surface area contributed by atoms with Crippen LogP contribution in [0.15, 0.2) is 30.5 Å². The molecule has 118 valence electrons. The number of halogens is 1. The molecule has 0 unspecified atom stereocenters. The summed E-state index contributed by atoms with van der Waals surface area (Å²) in [6, 6.07) is 6.19. The van der Waals surface area contributed by atoms with Gasteiger partial charge in [-0.15, -0.1) is 0 Å². The van der Waals surface area contributed by atoms with Crippen molar-refractivity contribution in [3.63, 3.8) is 0 Å². The third-order valence-electron chi connectivity index (χ3n) is 3.15. The first kappa shape index (κ1) is 16.0. The van der Waals surface area contributed by atoms with Crippen molar-refractivity contribution >= 4 is 6.09 Å². The standard InChI is InChI=1S/C16H20FN3O2/c1-2-3-10-22-16(21)18-9-8-15-19-11-14(20-15)12-4-6-13(17)7-5-12/h4-7,11H,2-3,8-10H2,1H3,(H,18,21)(H,19,20). The van der Waals surface area contributed by atoms with Crippen LogP contribution in [0.3, 0.4) is 0 Å². The first-order valence-corrected chi connectivity index (χ1v) is 7.39. The predicted molar refractivity (Wildman–Crippen MR) is 81.9 cm³/mol. The quantitative estimate of drug-likeness (QED) is 0.771. The number of benzene rings is 1. The third-order valence-corrected chi connectivity index (χ3v) is 3.15. The summed E-state index contributed by atoms with van der Waals surface area (Å²) in [6.45, 7) is 2.93. The molecule has 2 N–H and O–H groups in total. The number of imidazole rings is 1. The van der Waals surface area contributed by atoms with E-state index < -0.39 is 6.09 Å². The van der Waals surface area contributed by atoms with E-state index in [0.29, 0.717) is 19.6 Å². The minimum absolute atomic E-state index is 0.269. The van der Waals surface area contributed by atoms with E-state index in [1.807, 2.05) is 6.92 Å². The average molecular weight is 305 g/mol. The number of unbranched alkanes of at least 4 members (excludes halogenated alkanes) is 1. The number of alkyl carbamates (subject to hydrolysis) is 1. The average Bonchev–Trinajstić information content (AvgIpc) is 2.97. The van der Waals surface area contributed by atoms with Crippen molar-refractivity contribution in [1.29, 1.82) is 0 Å².